The maximum absolute atomic E-state index is 11.4. The van der Waals surface area contributed by atoms with Crippen LogP contribution in [0.2, 0.25) is 0 Å². The lowest BCUT2D eigenvalue weighted by Gasteiger charge is -2.07. The first-order valence-electron chi connectivity index (χ1n) is 5.89. The molecular weight excluding hydrogens is 262 g/mol. The number of nitrogens with one attached hydrogen (secondary N) is 1. The first-order chi connectivity index (χ1) is 9.20. The Morgan fingerprint density at radius 3 is 2.95 bits per heavy atom. The largest absolute Gasteiger partial charge is 0.465 e. The molecule has 0 atom stereocenters. The van der Waals surface area contributed by atoms with Gasteiger partial charge in [-0.15, -0.1) is 11.3 Å². The molecule has 0 aliphatic rings. The molecule has 0 bridgehead atoms. The van der Waals surface area contributed by atoms with Gasteiger partial charge in [0.05, 0.1) is 23.4 Å². The van der Waals surface area contributed by atoms with Crippen LogP contribution < -0.4 is 5.32 Å². The summed E-state index contributed by atoms with van der Waals surface area (Å²) in [6, 6.07) is 3.50. The monoisotopic (exact) mass is 277 g/mol. The van der Waals surface area contributed by atoms with Crippen LogP contribution in [-0.2, 0) is 11.2 Å². The van der Waals surface area contributed by atoms with E-state index in [0.717, 1.165) is 23.8 Å². The molecule has 0 unspecified atom stereocenters. The summed E-state index contributed by atoms with van der Waals surface area (Å²) in [5, 5.41) is 6.27. The van der Waals surface area contributed by atoms with Crippen molar-refractivity contribution in [3.05, 3.63) is 40.0 Å². The van der Waals surface area contributed by atoms with Crippen LogP contribution in [0.25, 0.3) is 0 Å². The summed E-state index contributed by atoms with van der Waals surface area (Å²) in [5.74, 6) is 0.390. The van der Waals surface area contributed by atoms with Gasteiger partial charge in [-0.05, 0) is 19.1 Å². The second-order valence-corrected chi connectivity index (χ2v) is 4.90. The number of pyridine rings is 1. The summed E-state index contributed by atoms with van der Waals surface area (Å²) in [6.45, 7) is 2.55. The van der Waals surface area contributed by atoms with Gasteiger partial charge in [0.25, 0.3) is 0 Å². The lowest BCUT2D eigenvalue weighted by Crippen LogP contribution is -2.09. The molecule has 6 heteroatoms. The molecule has 19 heavy (non-hydrogen) atoms. The Morgan fingerprint density at radius 2 is 2.32 bits per heavy atom. The van der Waals surface area contributed by atoms with Gasteiger partial charge in [0, 0.05) is 24.5 Å². The minimum Gasteiger partial charge on any atom is -0.465 e. The van der Waals surface area contributed by atoms with Crippen LogP contribution in [0.5, 0.6) is 0 Å². The topological polar surface area (TPSA) is 64.1 Å². The molecule has 2 rings (SSSR count). The van der Waals surface area contributed by atoms with Gasteiger partial charge >= 0.3 is 5.97 Å². The molecule has 2 heterocycles. The number of carbonyl (C=O) groups is 1. The molecule has 0 spiro atoms. The van der Waals surface area contributed by atoms with Crippen molar-refractivity contribution in [2.45, 2.75) is 13.3 Å². The smallest absolute Gasteiger partial charge is 0.339 e. The maximum atomic E-state index is 11.4. The molecule has 0 radical (unpaired) electrons. The van der Waals surface area contributed by atoms with E-state index < -0.39 is 0 Å². The van der Waals surface area contributed by atoms with E-state index in [1.165, 1.54) is 7.11 Å². The highest BCUT2D eigenvalue weighted by Gasteiger charge is 2.10. The minimum atomic E-state index is -0.362. The molecule has 0 saturated heterocycles. The van der Waals surface area contributed by atoms with Crippen LogP contribution in [0.15, 0.2) is 23.7 Å². The van der Waals surface area contributed by atoms with E-state index in [-0.39, 0.29) is 5.97 Å². The van der Waals surface area contributed by atoms with Gasteiger partial charge in [0.1, 0.15) is 5.82 Å². The molecular formula is C13H15N3O2S. The van der Waals surface area contributed by atoms with E-state index in [1.54, 1.807) is 36.6 Å². The average Bonchev–Trinajstić information content (AvgIpc) is 2.91. The second kappa shape index (κ2) is 6.29. The lowest BCUT2D eigenvalue weighted by atomic mass is 10.2. The molecule has 2 aromatic heterocycles. The molecule has 0 fully saturated rings. The molecule has 0 saturated carbocycles. The maximum Gasteiger partial charge on any atom is 0.339 e. The van der Waals surface area contributed by atoms with E-state index >= 15 is 0 Å². The van der Waals surface area contributed by atoms with Crippen molar-refractivity contribution in [2.75, 3.05) is 19.0 Å². The third kappa shape index (κ3) is 3.51. The average molecular weight is 277 g/mol. The Bertz CT molecular complexity index is 555. The fourth-order valence-electron chi connectivity index (χ4n) is 1.66. The zero-order chi connectivity index (χ0) is 13.7. The van der Waals surface area contributed by atoms with Crippen molar-refractivity contribution in [2.24, 2.45) is 0 Å². The molecule has 1 N–H and O–H groups in total. The molecule has 5 nitrogen and oxygen atoms in total. The van der Waals surface area contributed by atoms with Gasteiger partial charge in [-0.1, -0.05) is 0 Å². The van der Waals surface area contributed by atoms with Crippen LogP contribution in [0, 0.1) is 6.92 Å². The number of nitrogens with zero attached hydrogens (tertiary/aromatic N) is 2. The van der Waals surface area contributed by atoms with Crippen LogP contribution in [-0.4, -0.2) is 29.6 Å². The Hall–Kier alpha value is -1.95. The van der Waals surface area contributed by atoms with Crippen molar-refractivity contribution in [1.29, 1.82) is 0 Å². The van der Waals surface area contributed by atoms with E-state index in [0.29, 0.717) is 11.3 Å². The lowest BCUT2D eigenvalue weighted by molar-refractivity contribution is 0.0599. The van der Waals surface area contributed by atoms with Gasteiger partial charge in [0.15, 0.2) is 0 Å². The molecule has 0 aliphatic heterocycles. The van der Waals surface area contributed by atoms with Gasteiger partial charge in [-0.3, -0.25) is 0 Å². The van der Waals surface area contributed by atoms with Crippen LogP contribution in [0.4, 0.5) is 5.82 Å². The van der Waals surface area contributed by atoms with Crippen molar-refractivity contribution >= 4 is 23.1 Å². The number of esters is 1. The summed E-state index contributed by atoms with van der Waals surface area (Å²) in [4.78, 5) is 20.0. The Morgan fingerprint density at radius 1 is 1.47 bits per heavy atom. The van der Waals surface area contributed by atoms with E-state index in [2.05, 4.69) is 20.0 Å². The third-order valence-corrected chi connectivity index (χ3v) is 3.46. The summed E-state index contributed by atoms with van der Waals surface area (Å²) in [7, 11) is 1.36. The quantitative estimate of drug-likeness (QED) is 0.849. The number of hydrogen-bond donors (Lipinski definition) is 1. The SMILES string of the molecule is COC(=O)c1ccc(NCCc2nccs2)nc1C. The summed E-state index contributed by atoms with van der Waals surface area (Å²) < 4.78 is 4.68. The van der Waals surface area contributed by atoms with Gasteiger partial charge in [-0.25, -0.2) is 14.8 Å². The number of aromatic nitrogens is 2. The molecule has 0 aliphatic carbocycles. The zero-order valence-corrected chi connectivity index (χ0v) is 11.7. The van der Waals surface area contributed by atoms with E-state index in [9.17, 15) is 4.79 Å². The zero-order valence-electron chi connectivity index (χ0n) is 10.8. The number of thiazole rings is 1. The van der Waals surface area contributed by atoms with E-state index in [1.807, 2.05) is 5.38 Å². The van der Waals surface area contributed by atoms with Crippen LogP contribution in [0.3, 0.4) is 0 Å². The normalized spacial score (nSPS) is 10.2. The van der Waals surface area contributed by atoms with E-state index in [4.69, 9.17) is 0 Å². The number of anilines is 1. The number of rotatable bonds is 5. The number of aryl methyl sites for hydroxylation is 1. The first kappa shape index (κ1) is 13.5. The van der Waals surface area contributed by atoms with Crippen molar-refractivity contribution in [3.63, 3.8) is 0 Å². The highest BCUT2D eigenvalue weighted by Crippen LogP contribution is 2.12. The number of methoxy groups -OCH3 is 1. The number of ether oxygens (including phenoxy) is 1. The van der Waals surface area contributed by atoms with Gasteiger partial charge in [0.2, 0.25) is 0 Å². The first-order valence-corrected chi connectivity index (χ1v) is 6.77. The fourth-order valence-corrected chi connectivity index (χ4v) is 2.28. The highest BCUT2D eigenvalue weighted by atomic mass is 32.1. The molecule has 0 amide bonds. The predicted octanol–water partition coefficient (Wildman–Crippen LogP) is 2.29. The van der Waals surface area contributed by atoms with Gasteiger partial charge < -0.3 is 10.1 Å². The standard InChI is InChI=1S/C13H15N3O2S/c1-9-10(13(17)18-2)3-4-11(16-9)14-6-5-12-15-7-8-19-12/h3-4,7-8H,5-6H2,1-2H3,(H,14,16). The Kier molecular flexibility index (Phi) is 4.46. The van der Waals surface area contributed by atoms with Crippen LogP contribution >= 0.6 is 11.3 Å². The third-order valence-electron chi connectivity index (χ3n) is 2.62. The number of carbonyl (C=O) groups excluding carboxylic acids is 1. The van der Waals surface area contributed by atoms with Crippen molar-refractivity contribution in [1.82, 2.24) is 9.97 Å². The molecule has 0 aromatic carbocycles. The van der Waals surface area contributed by atoms with Crippen LogP contribution in [0.1, 0.15) is 21.1 Å². The van der Waals surface area contributed by atoms with Crippen molar-refractivity contribution in [3.8, 4) is 0 Å². The highest BCUT2D eigenvalue weighted by molar-refractivity contribution is 7.09. The fraction of sp³-hybridized carbons (Fsp3) is 0.308. The molecule has 100 valence electrons. The summed E-state index contributed by atoms with van der Waals surface area (Å²) in [5.41, 5.74) is 1.15. The van der Waals surface area contributed by atoms with Crippen molar-refractivity contribution < 1.29 is 9.53 Å². The number of hydrogen-bond acceptors (Lipinski definition) is 6. The second-order valence-electron chi connectivity index (χ2n) is 3.92. The Labute approximate surface area is 115 Å². The molecule has 2 aromatic rings. The Balaban J connectivity index is 1.94. The van der Waals surface area contributed by atoms with Gasteiger partial charge in [-0.2, -0.15) is 0 Å². The summed E-state index contributed by atoms with van der Waals surface area (Å²) >= 11 is 1.64. The summed E-state index contributed by atoms with van der Waals surface area (Å²) in [6.07, 6.45) is 2.66. The predicted molar refractivity (Wildman–Crippen MR) is 74.6 cm³/mol. The minimum absolute atomic E-state index is 0.362.